The van der Waals surface area contributed by atoms with E-state index < -0.39 is 0 Å². The summed E-state index contributed by atoms with van der Waals surface area (Å²) in [6.07, 6.45) is 1.40. The Labute approximate surface area is 118 Å². The van der Waals surface area contributed by atoms with E-state index >= 15 is 0 Å². The van der Waals surface area contributed by atoms with Crippen molar-refractivity contribution in [2.75, 3.05) is 17.4 Å². The minimum atomic E-state index is -0.239. The molecule has 2 aromatic rings. The lowest BCUT2D eigenvalue weighted by molar-refractivity contribution is 0.607. The van der Waals surface area contributed by atoms with Crippen LogP contribution in [0.5, 0.6) is 0 Å². The third kappa shape index (κ3) is 2.99. The van der Waals surface area contributed by atoms with Gasteiger partial charge in [-0.1, -0.05) is 18.2 Å². The van der Waals surface area contributed by atoms with Gasteiger partial charge < -0.3 is 10.3 Å². The maximum absolute atomic E-state index is 13.6. The molecule has 5 nitrogen and oxygen atoms in total. The summed E-state index contributed by atoms with van der Waals surface area (Å²) >= 11 is 3.37. The summed E-state index contributed by atoms with van der Waals surface area (Å²) in [4.78, 5) is 9.94. The van der Waals surface area contributed by atoms with E-state index in [1.54, 1.807) is 18.2 Å². The molecule has 0 unspecified atom stereocenters. The summed E-state index contributed by atoms with van der Waals surface area (Å²) in [6.45, 7) is 0.395. The van der Waals surface area contributed by atoms with Crippen LogP contribution < -0.4 is 16.2 Å². The fourth-order valence-electron chi connectivity index (χ4n) is 1.68. The van der Waals surface area contributed by atoms with E-state index in [0.717, 1.165) is 0 Å². The van der Waals surface area contributed by atoms with Crippen LogP contribution in [-0.2, 0) is 6.54 Å². The second-order valence-corrected chi connectivity index (χ2v) is 4.74. The SMILES string of the molecule is CN(Cc1ccccc1F)c1ncnc(NN)c1Br. The molecule has 1 aromatic carbocycles. The highest BCUT2D eigenvalue weighted by Gasteiger charge is 2.13. The molecule has 0 atom stereocenters. The molecule has 2 rings (SSSR count). The van der Waals surface area contributed by atoms with Gasteiger partial charge in [0, 0.05) is 19.2 Å². The molecule has 19 heavy (non-hydrogen) atoms. The van der Waals surface area contributed by atoms with Gasteiger partial charge in [0.15, 0.2) is 5.82 Å². The standard InChI is InChI=1S/C12H13BrFN5/c1-19(6-8-4-2-3-5-9(8)14)12-10(13)11(18-15)16-7-17-12/h2-5,7H,6,15H2,1H3,(H,16,17,18). The van der Waals surface area contributed by atoms with Crippen molar-refractivity contribution in [3.63, 3.8) is 0 Å². The highest BCUT2D eigenvalue weighted by Crippen LogP contribution is 2.29. The number of anilines is 2. The van der Waals surface area contributed by atoms with E-state index in [4.69, 9.17) is 5.84 Å². The molecule has 0 spiro atoms. The molecule has 1 heterocycles. The predicted molar refractivity (Wildman–Crippen MR) is 76.0 cm³/mol. The zero-order chi connectivity index (χ0) is 13.8. The normalized spacial score (nSPS) is 10.3. The van der Waals surface area contributed by atoms with Gasteiger partial charge in [-0.3, -0.25) is 0 Å². The first-order valence-corrected chi connectivity index (χ1v) is 6.34. The number of rotatable bonds is 4. The molecule has 0 aliphatic carbocycles. The molecule has 0 saturated carbocycles. The second kappa shape index (κ2) is 5.94. The molecule has 3 N–H and O–H groups in total. The number of halogens is 2. The number of benzene rings is 1. The highest BCUT2D eigenvalue weighted by atomic mass is 79.9. The number of nitrogens with two attached hydrogens (primary N) is 1. The monoisotopic (exact) mass is 325 g/mol. The Morgan fingerprint density at radius 3 is 2.79 bits per heavy atom. The van der Waals surface area contributed by atoms with E-state index in [9.17, 15) is 4.39 Å². The summed E-state index contributed by atoms with van der Waals surface area (Å²) < 4.78 is 14.2. The molecule has 0 aliphatic rings. The van der Waals surface area contributed by atoms with Gasteiger partial charge in [0.2, 0.25) is 0 Å². The largest absolute Gasteiger partial charge is 0.354 e. The van der Waals surface area contributed by atoms with Crippen LogP contribution in [0.2, 0.25) is 0 Å². The molecule has 0 saturated heterocycles. The van der Waals surface area contributed by atoms with Gasteiger partial charge in [-0.2, -0.15) is 0 Å². The van der Waals surface area contributed by atoms with Crippen molar-refractivity contribution in [3.8, 4) is 0 Å². The van der Waals surface area contributed by atoms with Crippen LogP contribution in [0.1, 0.15) is 5.56 Å². The maximum atomic E-state index is 13.6. The number of hydrogen-bond donors (Lipinski definition) is 2. The fraction of sp³-hybridized carbons (Fsp3) is 0.167. The number of hydrazine groups is 1. The summed E-state index contributed by atoms with van der Waals surface area (Å²) in [7, 11) is 1.82. The minimum absolute atomic E-state index is 0.239. The van der Waals surface area contributed by atoms with Crippen molar-refractivity contribution in [1.29, 1.82) is 0 Å². The predicted octanol–water partition coefficient (Wildman–Crippen LogP) is 2.30. The molecule has 0 amide bonds. The average Bonchev–Trinajstić information content (AvgIpc) is 2.41. The van der Waals surface area contributed by atoms with Gasteiger partial charge in [0.25, 0.3) is 0 Å². The fourth-order valence-corrected chi connectivity index (χ4v) is 2.31. The van der Waals surface area contributed by atoms with Gasteiger partial charge >= 0.3 is 0 Å². The van der Waals surface area contributed by atoms with E-state index in [2.05, 4.69) is 31.3 Å². The van der Waals surface area contributed by atoms with Crippen molar-refractivity contribution in [2.24, 2.45) is 5.84 Å². The topological polar surface area (TPSA) is 67.1 Å². The third-order valence-electron chi connectivity index (χ3n) is 2.63. The second-order valence-electron chi connectivity index (χ2n) is 3.95. The highest BCUT2D eigenvalue weighted by molar-refractivity contribution is 9.10. The van der Waals surface area contributed by atoms with E-state index in [0.29, 0.717) is 28.2 Å². The van der Waals surface area contributed by atoms with E-state index in [-0.39, 0.29) is 5.82 Å². The quantitative estimate of drug-likeness (QED) is 0.667. The average molecular weight is 326 g/mol. The lowest BCUT2D eigenvalue weighted by Gasteiger charge is -2.20. The lowest BCUT2D eigenvalue weighted by atomic mass is 10.2. The van der Waals surface area contributed by atoms with Crippen LogP contribution >= 0.6 is 15.9 Å². The lowest BCUT2D eigenvalue weighted by Crippen LogP contribution is -2.20. The number of nitrogen functional groups attached to an aromatic ring is 1. The van der Waals surface area contributed by atoms with Crippen LogP contribution in [0.25, 0.3) is 0 Å². The van der Waals surface area contributed by atoms with E-state index in [1.165, 1.54) is 12.4 Å². The van der Waals surface area contributed by atoms with Gasteiger partial charge in [-0.05, 0) is 22.0 Å². The molecular weight excluding hydrogens is 313 g/mol. The van der Waals surface area contributed by atoms with Crippen LogP contribution in [0, 0.1) is 5.82 Å². The molecular formula is C12H13BrFN5. The van der Waals surface area contributed by atoms with Gasteiger partial charge in [-0.15, -0.1) is 0 Å². The summed E-state index contributed by atoms with van der Waals surface area (Å²) in [5.74, 6) is 6.22. The minimum Gasteiger partial charge on any atom is -0.354 e. The number of nitrogens with one attached hydrogen (secondary N) is 1. The Kier molecular flexibility index (Phi) is 4.28. The molecule has 1 aromatic heterocycles. The van der Waals surface area contributed by atoms with Crippen molar-refractivity contribution in [3.05, 3.63) is 46.4 Å². The molecule has 0 aliphatic heterocycles. The number of nitrogens with zero attached hydrogens (tertiary/aromatic N) is 3. The van der Waals surface area contributed by atoms with Crippen LogP contribution in [0.4, 0.5) is 16.0 Å². The first-order chi connectivity index (χ1) is 9.13. The summed E-state index contributed by atoms with van der Waals surface area (Å²) in [5, 5.41) is 0. The van der Waals surface area contributed by atoms with Crippen molar-refractivity contribution in [1.82, 2.24) is 9.97 Å². The number of aromatic nitrogens is 2. The number of hydrogen-bond acceptors (Lipinski definition) is 5. The third-order valence-corrected chi connectivity index (χ3v) is 3.36. The zero-order valence-electron chi connectivity index (χ0n) is 10.3. The molecule has 100 valence electrons. The van der Waals surface area contributed by atoms with Gasteiger partial charge in [0.05, 0.1) is 0 Å². The Balaban J connectivity index is 2.26. The smallest absolute Gasteiger partial charge is 0.159 e. The Hall–Kier alpha value is -1.73. The van der Waals surface area contributed by atoms with Crippen LogP contribution in [0.3, 0.4) is 0 Å². The Bertz CT molecular complexity index is 578. The first-order valence-electron chi connectivity index (χ1n) is 5.55. The van der Waals surface area contributed by atoms with Crippen LogP contribution in [0.15, 0.2) is 35.1 Å². The Morgan fingerprint density at radius 2 is 2.11 bits per heavy atom. The van der Waals surface area contributed by atoms with Gasteiger partial charge in [0.1, 0.15) is 22.4 Å². The van der Waals surface area contributed by atoms with E-state index in [1.807, 2.05) is 11.9 Å². The molecule has 0 bridgehead atoms. The summed E-state index contributed by atoms with van der Waals surface area (Å²) in [5.41, 5.74) is 3.06. The van der Waals surface area contributed by atoms with Gasteiger partial charge in [-0.25, -0.2) is 20.2 Å². The zero-order valence-corrected chi connectivity index (χ0v) is 11.9. The van der Waals surface area contributed by atoms with Crippen molar-refractivity contribution < 1.29 is 4.39 Å². The maximum Gasteiger partial charge on any atom is 0.159 e. The summed E-state index contributed by atoms with van der Waals surface area (Å²) in [6, 6.07) is 6.64. The molecule has 0 radical (unpaired) electrons. The molecule has 0 fully saturated rings. The van der Waals surface area contributed by atoms with Crippen molar-refractivity contribution in [2.45, 2.75) is 6.54 Å². The first kappa shape index (κ1) is 13.7. The Morgan fingerprint density at radius 1 is 1.37 bits per heavy atom. The van der Waals surface area contributed by atoms with Crippen LogP contribution in [-0.4, -0.2) is 17.0 Å². The van der Waals surface area contributed by atoms with Crippen molar-refractivity contribution >= 4 is 27.6 Å². The molecule has 7 heteroatoms.